The van der Waals surface area contributed by atoms with Crippen LogP contribution in [-0.4, -0.2) is 63.1 Å². The molecule has 0 radical (unpaired) electrons. The summed E-state index contributed by atoms with van der Waals surface area (Å²) in [6, 6.07) is -0.0842. The lowest BCUT2D eigenvalue weighted by Crippen LogP contribution is -2.74. The fourth-order valence-corrected chi connectivity index (χ4v) is 5.13. The summed E-state index contributed by atoms with van der Waals surface area (Å²) in [5.74, 6) is -1.92. The number of urea groups is 1. The van der Waals surface area contributed by atoms with Crippen molar-refractivity contribution in [2.45, 2.75) is 25.5 Å². The molecular weight excluding hydrogens is 425 g/mol. The number of hydrogen-bond donors (Lipinski definition) is 2. The zero-order valence-corrected chi connectivity index (χ0v) is 16.7. The van der Waals surface area contributed by atoms with Crippen LogP contribution in [0.3, 0.4) is 0 Å². The fraction of sp³-hybridized carbons (Fsp3) is 0.368. The number of fused-ring (bicyclic) bond motifs is 5. The summed E-state index contributed by atoms with van der Waals surface area (Å²) in [6.07, 6.45) is 1.97. The van der Waals surface area contributed by atoms with Crippen molar-refractivity contribution in [1.29, 1.82) is 0 Å². The first-order chi connectivity index (χ1) is 15.4. The highest BCUT2D eigenvalue weighted by atomic mass is 19.1. The lowest BCUT2D eigenvalue weighted by Gasteiger charge is -2.54. The molecule has 2 fully saturated rings. The van der Waals surface area contributed by atoms with Crippen molar-refractivity contribution in [3.8, 4) is 5.82 Å². The Hall–Kier alpha value is -3.87. The van der Waals surface area contributed by atoms with Crippen molar-refractivity contribution in [2.24, 2.45) is 5.41 Å². The fourth-order valence-electron chi connectivity index (χ4n) is 5.13. The number of imide groups is 2. The second-order valence-electron chi connectivity index (χ2n) is 8.02. The van der Waals surface area contributed by atoms with Crippen LogP contribution in [-0.2, 0) is 20.7 Å². The molecule has 164 valence electrons. The number of amides is 4. The molecule has 0 bridgehead atoms. The van der Waals surface area contributed by atoms with Crippen LogP contribution in [0.25, 0.3) is 16.8 Å². The molecule has 3 aliphatic heterocycles. The van der Waals surface area contributed by atoms with E-state index in [1.165, 1.54) is 17.3 Å². The first-order valence-corrected chi connectivity index (χ1v) is 9.92. The molecule has 0 unspecified atom stereocenters. The molecule has 2 N–H and O–H groups in total. The van der Waals surface area contributed by atoms with Gasteiger partial charge in [-0.05, 0) is 18.6 Å². The monoisotopic (exact) mass is 441 g/mol. The minimum absolute atomic E-state index is 0.0733. The highest BCUT2D eigenvalue weighted by Crippen LogP contribution is 2.48. The number of barbiturate groups is 1. The average Bonchev–Trinajstić information content (AvgIpc) is 3.41. The number of carbonyl (C=O) groups excluding carboxylic acids is 3. The number of ether oxygens (including phenoxy) is 1. The zero-order valence-electron chi connectivity index (χ0n) is 16.7. The van der Waals surface area contributed by atoms with Gasteiger partial charge in [-0.1, -0.05) is 5.16 Å². The molecule has 12 nitrogen and oxygen atoms in total. The zero-order chi connectivity index (χ0) is 22.2. The molecule has 2 aromatic heterocycles. The quantitative estimate of drug-likeness (QED) is 0.500. The van der Waals surface area contributed by atoms with E-state index >= 15 is 4.39 Å². The molecule has 6 rings (SSSR count). The molecule has 0 saturated carbocycles. The van der Waals surface area contributed by atoms with E-state index in [-0.39, 0.29) is 36.7 Å². The molecule has 2 atom stereocenters. The summed E-state index contributed by atoms with van der Waals surface area (Å²) < 4.78 is 28.2. The van der Waals surface area contributed by atoms with Crippen molar-refractivity contribution in [1.82, 2.24) is 30.6 Å². The predicted molar refractivity (Wildman–Crippen MR) is 103 cm³/mol. The number of benzene rings is 1. The molecule has 1 aromatic carbocycles. The van der Waals surface area contributed by atoms with Gasteiger partial charge >= 0.3 is 6.03 Å². The summed E-state index contributed by atoms with van der Waals surface area (Å²) in [5, 5.41) is 12.6. The molecule has 4 amide bonds. The number of nitrogens with one attached hydrogen (secondary N) is 2. The van der Waals surface area contributed by atoms with Crippen LogP contribution in [0.4, 0.5) is 14.9 Å². The molecule has 3 aliphatic rings. The summed E-state index contributed by atoms with van der Waals surface area (Å²) in [6.45, 7) is 2.23. The normalized spacial score (nSPS) is 24.3. The molecule has 2 saturated heterocycles. The Labute approximate surface area is 178 Å². The van der Waals surface area contributed by atoms with Gasteiger partial charge in [0.2, 0.25) is 23.2 Å². The van der Waals surface area contributed by atoms with Gasteiger partial charge in [-0.15, -0.1) is 0 Å². The molecule has 32 heavy (non-hydrogen) atoms. The standard InChI is InChI=1S/C19H16FN7O5/c1-8-14-19(16(28)23-18(30)24-17(19)29)5-9-4-10-13(11(20)12(9)26(14)2-3-31-8)32-25-15(10)27-7-21-6-22-27/h4,6-8,14H,2-3,5H2,1H3,(H2,23,24,28,29,30)/t8-,14+/m0/s1. The summed E-state index contributed by atoms with van der Waals surface area (Å²) in [4.78, 5) is 43.6. The highest BCUT2D eigenvalue weighted by molar-refractivity contribution is 6.20. The van der Waals surface area contributed by atoms with Gasteiger partial charge in [-0.25, -0.2) is 14.2 Å². The molecule has 3 aromatic rings. The van der Waals surface area contributed by atoms with Gasteiger partial charge in [0.1, 0.15) is 12.7 Å². The topological polar surface area (TPSA) is 144 Å². The van der Waals surface area contributed by atoms with Gasteiger partial charge in [0.25, 0.3) is 0 Å². The second-order valence-corrected chi connectivity index (χ2v) is 8.02. The average molecular weight is 441 g/mol. The number of morpholine rings is 1. The number of hydrogen-bond acceptors (Lipinski definition) is 9. The number of aromatic nitrogens is 4. The van der Waals surface area contributed by atoms with E-state index in [4.69, 9.17) is 9.26 Å². The predicted octanol–water partition coefficient (Wildman–Crippen LogP) is 0.0498. The minimum Gasteiger partial charge on any atom is -0.374 e. The van der Waals surface area contributed by atoms with Crippen molar-refractivity contribution in [3.63, 3.8) is 0 Å². The number of anilines is 1. The van der Waals surface area contributed by atoms with Gasteiger partial charge in [0, 0.05) is 13.0 Å². The van der Waals surface area contributed by atoms with E-state index in [0.717, 1.165) is 0 Å². The highest BCUT2D eigenvalue weighted by Gasteiger charge is 2.62. The van der Waals surface area contributed by atoms with Crippen LogP contribution < -0.4 is 15.5 Å². The van der Waals surface area contributed by atoms with Gasteiger partial charge in [-0.3, -0.25) is 20.2 Å². The molecule has 0 aliphatic carbocycles. The Morgan fingerprint density at radius 1 is 1.25 bits per heavy atom. The van der Waals surface area contributed by atoms with Crippen LogP contribution in [0.1, 0.15) is 12.5 Å². The van der Waals surface area contributed by atoms with Crippen LogP contribution >= 0.6 is 0 Å². The van der Waals surface area contributed by atoms with E-state index < -0.39 is 41.2 Å². The Balaban J connectivity index is 1.61. The van der Waals surface area contributed by atoms with Gasteiger partial charge < -0.3 is 14.2 Å². The van der Waals surface area contributed by atoms with E-state index in [9.17, 15) is 14.4 Å². The maximum Gasteiger partial charge on any atom is 0.328 e. The first kappa shape index (κ1) is 18.9. The summed E-state index contributed by atoms with van der Waals surface area (Å²) >= 11 is 0. The van der Waals surface area contributed by atoms with E-state index in [0.29, 0.717) is 10.9 Å². The SMILES string of the molecule is C[C@@H]1OCCN2c3c(cc4c(-n5cncn5)noc4c3F)CC3(C(=O)NC(=O)NC3=O)[C@@H]12. The Bertz CT molecular complexity index is 1280. The van der Waals surface area contributed by atoms with Gasteiger partial charge in [-0.2, -0.15) is 9.78 Å². The van der Waals surface area contributed by atoms with Crippen LogP contribution in [0, 0.1) is 11.2 Å². The summed E-state index contributed by atoms with van der Waals surface area (Å²) in [5.41, 5.74) is -1.13. The molecule has 13 heteroatoms. The van der Waals surface area contributed by atoms with Gasteiger partial charge in [0.15, 0.2) is 11.2 Å². The van der Waals surface area contributed by atoms with E-state index in [1.807, 2.05) is 0 Å². The first-order valence-electron chi connectivity index (χ1n) is 9.92. The number of rotatable bonds is 1. The van der Waals surface area contributed by atoms with Crippen molar-refractivity contribution in [3.05, 3.63) is 30.1 Å². The summed E-state index contributed by atoms with van der Waals surface area (Å²) in [7, 11) is 0. The molecule has 5 heterocycles. The van der Waals surface area contributed by atoms with E-state index in [2.05, 4.69) is 25.9 Å². The van der Waals surface area contributed by atoms with Crippen molar-refractivity contribution >= 4 is 34.5 Å². The van der Waals surface area contributed by atoms with Crippen LogP contribution in [0.15, 0.2) is 23.2 Å². The number of carbonyl (C=O) groups is 3. The van der Waals surface area contributed by atoms with Crippen molar-refractivity contribution in [2.75, 3.05) is 18.1 Å². The lowest BCUT2D eigenvalue weighted by atomic mass is 9.66. The lowest BCUT2D eigenvalue weighted by molar-refractivity contribution is -0.151. The minimum atomic E-state index is -1.69. The van der Waals surface area contributed by atoms with Crippen LogP contribution in [0.2, 0.25) is 0 Å². The Kier molecular flexibility index (Phi) is 3.73. The largest absolute Gasteiger partial charge is 0.374 e. The van der Waals surface area contributed by atoms with E-state index in [1.54, 1.807) is 17.9 Å². The Morgan fingerprint density at radius 3 is 2.75 bits per heavy atom. The number of nitrogens with zero attached hydrogens (tertiary/aromatic N) is 5. The maximum atomic E-state index is 15.8. The number of halogens is 1. The third-order valence-corrected chi connectivity index (χ3v) is 6.39. The Morgan fingerprint density at radius 2 is 2.03 bits per heavy atom. The third kappa shape index (κ3) is 2.28. The maximum absolute atomic E-state index is 15.8. The van der Waals surface area contributed by atoms with Crippen LogP contribution in [0.5, 0.6) is 0 Å². The second kappa shape index (κ2) is 6.32. The molecular formula is C19H16FN7O5. The van der Waals surface area contributed by atoms with Crippen molar-refractivity contribution < 1.29 is 28.0 Å². The third-order valence-electron chi connectivity index (χ3n) is 6.39. The smallest absolute Gasteiger partial charge is 0.328 e. The molecule has 1 spiro atoms. The van der Waals surface area contributed by atoms with Gasteiger partial charge in [0.05, 0.1) is 29.8 Å².